The molecule has 18 heavy (non-hydrogen) atoms. The maximum atomic E-state index is 12.2. The maximum Gasteiger partial charge on any atom is 0.415 e. The number of ether oxygens (including phenoxy) is 2. The molecule has 1 aliphatic rings. The van der Waals surface area contributed by atoms with Crippen LogP contribution in [0.3, 0.4) is 0 Å². The van der Waals surface area contributed by atoms with Crippen LogP contribution < -0.4 is 9.64 Å². The van der Waals surface area contributed by atoms with Gasteiger partial charge in [0.2, 0.25) is 0 Å². The van der Waals surface area contributed by atoms with Crippen molar-refractivity contribution in [2.45, 2.75) is 26.4 Å². The molecule has 0 fully saturated rings. The lowest BCUT2D eigenvalue weighted by Crippen LogP contribution is -2.42. The van der Waals surface area contributed by atoms with Crippen LogP contribution in [0.25, 0.3) is 0 Å². The number of amides is 1. The number of carbonyl (C=O) groups is 1. The van der Waals surface area contributed by atoms with E-state index in [4.69, 9.17) is 9.47 Å². The van der Waals surface area contributed by atoms with Gasteiger partial charge in [0.1, 0.15) is 17.9 Å². The fourth-order valence-corrected chi connectivity index (χ4v) is 2.35. The van der Waals surface area contributed by atoms with E-state index in [1.165, 1.54) is 0 Å². The van der Waals surface area contributed by atoms with Crippen molar-refractivity contribution in [1.82, 2.24) is 4.98 Å². The molecular formula is C12H15IN2O3. The van der Waals surface area contributed by atoms with Crippen molar-refractivity contribution < 1.29 is 14.3 Å². The van der Waals surface area contributed by atoms with Gasteiger partial charge in [-0.3, -0.25) is 9.88 Å². The summed E-state index contributed by atoms with van der Waals surface area (Å²) in [6, 6.07) is 0. The molecule has 98 valence electrons. The first kappa shape index (κ1) is 13.4. The Balaban J connectivity index is 2.30. The van der Waals surface area contributed by atoms with Crippen molar-refractivity contribution in [2.75, 3.05) is 18.1 Å². The van der Waals surface area contributed by atoms with Crippen LogP contribution in [0.15, 0.2) is 12.4 Å². The Bertz CT molecular complexity index is 471. The monoisotopic (exact) mass is 362 g/mol. The van der Waals surface area contributed by atoms with Crippen molar-refractivity contribution >= 4 is 34.4 Å². The zero-order valence-electron chi connectivity index (χ0n) is 10.6. The minimum absolute atomic E-state index is 0.351. The summed E-state index contributed by atoms with van der Waals surface area (Å²) < 4.78 is 11.8. The average Bonchev–Trinajstić information content (AvgIpc) is 2.26. The highest BCUT2D eigenvalue weighted by Gasteiger charge is 2.29. The quantitative estimate of drug-likeness (QED) is 0.666. The van der Waals surface area contributed by atoms with Crippen LogP contribution in [-0.4, -0.2) is 29.8 Å². The van der Waals surface area contributed by atoms with Gasteiger partial charge in [0.15, 0.2) is 5.75 Å². The molecule has 1 amide bonds. The molecule has 5 nitrogen and oxygen atoms in total. The topological polar surface area (TPSA) is 51.7 Å². The number of pyridine rings is 1. The van der Waals surface area contributed by atoms with Crippen molar-refractivity contribution in [3.63, 3.8) is 0 Å². The molecule has 0 saturated carbocycles. The maximum absolute atomic E-state index is 12.2. The van der Waals surface area contributed by atoms with E-state index in [1.54, 1.807) is 17.3 Å². The predicted molar refractivity (Wildman–Crippen MR) is 76.0 cm³/mol. The summed E-state index contributed by atoms with van der Waals surface area (Å²) in [5, 5.41) is 0. The summed E-state index contributed by atoms with van der Waals surface area (Å²) in [6.45, 7) is 6.49. The highest BCUT2D eigenvalue weighted by molar-refractivity contribution is 14.1. The lowest BCUT2D eigenvalue weighted by molar-refractivity contribution is 0.0567. The molecule has 0 bridgehead atoms. The first-order chi connectivity index (χ1) is 8.38. The third-order valence-electron chi connectivity index (χ3n) is 2.30. The van der Waals surface area contributed by atoms with Gasteiger partial charge in [0.25, 0.3) is 0 Å². The van der Waals surface area contributed by atoms with Gasteiger partial charge < -0.3 is 9.47 Å². The Kier molecular flexibility index (Phi) is 3.65. The summed E-state index contributed by atoms with van der Waals surface area (Å²) in [5.74, 6) is 0.624. The molecule has 0 saturated heterocycles. The van der Waals surface area contributed by atoms with Gasteiger partial charge in [-0.05, 0) is 43.4 Å². The Morgan fingerprint density at radius 1 is 1.50 bits per heavy atom. The van der Waals surface area contributed by atoms with E-state index in [0.717, 1.165) is 9.26 Å². The summed E-state index contributed by atoms with van der Waals surface area (Å²) >= 11 is 2.14. The fourth-order valence-electron chi connectivity index (χ4n) is 1.64. The Morgan fingerprint density at radius 2 is 2.22 bits per heavy atom. The Hall–Kier alpha value is -1.05. The number of halogens is 1. The second-order valence-corrected chi connectivity index (χ2v) is 6.11. The molecule has 0 radical (unpaired) electrons. The number of hydrogen-bond donors (Lipinski definition) is 0. The lowest BCUT2D eigenvalue weighted by Gasteiger charge is -2.31. The number of carbonyl (C=O) groups excluding carboxylic acids is 1. The van der Waals surface area contributed by atoms with E-state index in [-0.39, 0.29) is 6.09 Å². The molecule has 2 heterocycles. The minimum Gasteiger partial charge on any atom is -0.488 e. The first-order valence-electron chi connectivity index (χ1n) is 5.65. The van der Waals surface area contributed by atoms with Gasteiger partial charge in [-0.2, -0.15) is 0 Å². The van der Waals surface area contributed by atoms with Gasteiger partial charge in [-0.1, -0.05) is 0 Å². The van der Waals surface area contributed by atoms with Crippen molar-refractivity contribution in [3.8, 4) is 5.75 Å². The van der Waals surface area contributed by atoms with E-state index in [2.05, 4.69) is 27.6 Å². The summed E-state index contributed by atoms with van der Waals surface area (Å²) in [7, 11) is 0. The molecule has 1 aromatic heterocycles. The van der Waals surface area contributed by atoms with Crippen LogP contribution in [-0.2, 0) is 4.74 Å². The van der Waals surface area contributed by atoms with Crippen LogP contribution in [0.1, 0.15) is 20.8 Å². The number of nitrogens with zero attached hydrogens (tertiary/aromatic N) is 2. The smallest absolute Gasteiger partial charge is 0.415 e. The van der Waals surface area contributed by atoms with Gasteiger partial charge in [-0.15, -0.1) is 0 Å². The number of rotatable bonds is 0. The third kappa shape index (κ3) is 2.85. The van der Waals surface area contributed by atoms with Gasteiger partial charge in [0, 0.05) is 6.20 Å². The number of hydrogen-bond acceptors (Lipinski definition) is 4. The molecule has 0 spiro atoms. The molecule has 1 aromatic rings. The second kappa shape index (κ2) is 4.91. The summed E-state index contributed by atoms with van der Waals surface area (Å²) in [5.41, 5.74) is 0.236. The summed E-state index contributed by atoms with van der Waals surface area (Å²) in [6.07, 6.45) is 2.97. The second-order valence-electron chi connectivity index (χ2n) is 4.95. The van der Waals surface area contributed by atoms with E-state index in [1.807, 2.05) is 20.8 Å². The minimum atomic E-state index is -0.506. The third-order valence-corrected chi connectivity index (χ3v) is 3.08. The molecule has 0 aromatic carbocycles. The van der Waals surface area contributed by atoms with Gasteiger partial charge in [0.05, 0.1) is 16.3 Å². The van der Waals surface area contributed by atoms with Gasteiger partial charge >= 0.3 is 6.09 Å². The van der Waals surface area contributed by atoms with Crippen molar-refractivity contribution in [1.29, 1.82) is 0 Å². The van der Waals surface area contributed by atoms with Crippen molar-refractivity contribution in [3.05, 3.63) is 16.0 Å². The molecule has 0 unspecified atom stereocenters. The zero-order valence-corrected chi connectivity index (χ0v) is 12.7. The molecular weight excluding hydrogens is 347 g/mol. The number of anilines is 1. The molecule has 0 aliphatic carbocycles. The zero-order chi connectivity index (χ0) is 13.3. The molecule has 6 heteroatoms. The van der Waals surface area contributed by atoms with Gasteiger partial charge in [-0.25, -0.2) is 4.79 Å². The van der Waals surface area contributed by atoms with Crippen LogP contribution in [0.2, 0.25) is 0 Å². The van der Waals surface area contributed by atoms with Crippen LogP contribution >= 0.6 is 22.6 Å². The van der Waals surface area contributed by atoms with Crippen LogP contribution in [0, 0.1) is 3.57 Å². The van der Waals surface area contributed by atoms with E-state index < -0.39 is 5.60 Å². The normalized spacial score (nSPS) is 14.8. The highest BCUT2D eigenvalue weighted by Crippen LogP contribution is 2.35. The van der Waals surface area contributed by atoms with E-state index in [9.17, 15) is 4.79 Å². The molecule has 2 rings (SSSR count). The predicted octanol–water partition coefficient (Wildman–Crippen LogP) is 2.82. The first-order valence-corrected chi connectivity index (χ1v) is 6.73. The molecule has 1 aliphatic heterocycles. The lowest BCUT2D eigenvalue weighted by atomic mass is 10.2. The Labute approximate surface area is 120 Å². The average molecular weight is 362 g/mol. The van der Waals surface area contributed by atoms with Crippen molar-refractivity contribution in [2.24, 2.45) is 0 Å². The van der Waals surface area contributed by atoms with Crippen LogP contribution in [0.5, 0.6) is 5.75 Å². The molecule has 0 atom stereocenters. The molecule has 0 N–H and O–H groups in total. The SMILES string of the molecule is CC(C)(C)OC(=O)N1CCOc2cncc(I)c21. The Morgan fingerprint density at radius 3 is 2.89 bits per heavy atom. The van der Waals surface area contributed by atoms with E-state index >= 15 is 0 Å². The largest absolute Gasteiger partial charge is 0.488 e. The fraction of sp³-hybridized carbons (Fsp3) is 0.500. The van der Waals surface area contributed by atoms with E-state index in [0.29, 0.717) is 18.9 Å². The number of aromatic nitrogens is 1. The summed E-state index contributed by atoms with van der Waals surface area (Å²) in [4.78, 5) is 17.8. The highest BCUT2D eigenvalue weighted by atomic mass is 127. The number of fused-ring (bicyclic) bond motifs is 1. The standard InChI is InChI=1S/C12H15IN2O3/c1-12(2,3)18-11(16)15-4-5-17-9-7-14-6-8(13)10(9)15/h6-7H,4-5H2,1-3H3. The van der Waals surface area contributed by atoms with Crippen LogP contribution in [0.4, 0.5) is 10.5 Å².